The van der Waals surface area contributed by atoms with E-state index in [1.54, 1.807) is 18.7 Å². The van der Waals surface area contributed by atoms with Crippen molar-refractivity contribution in [2.45, 2.75) is 18.7 Å². The summed E-state index contributed by atoms with van der Waals surface area (Å²) in [7, 11) is 0. The third kappa shape index (κ3) is 3.71. The number of hydrogen-bond donors (Lipinski definition) is 1. The number of benzene rings is 1. The molecule has 0 spiro atoms. The van der Waals surface area contributed by atoms with E-state index in [-0.39, 0.29) is 12.8 Å². The lowest BCUT2D eigenvalue weighted by Gasteiger charge is -2.10. The molecule has 1 aliphatic rings. The molecule has 1 unspecified atom stereocenters. The molecule has 2 rings (SSSR count). The Morgan fingerprint density at radius 3 is 3.10 bits per heavy atom. The van der Waals surface area contributed by atoms with Gasteiger partial charge in [-0.1, -0.05) is 11.6 Å². The molecule has 0 amide bonds. The van der Waals surface area contributed by atoms with Gasteiger partial charge in [0.25, 0.3) is 0 Å². The minimum atomic E-state index is -0.607. The molecule has 20 heavy (non-hydrogen) atoms. The molecular formula is C13H16ClNO4S. The van der Waals surface area contributed by atoms with Crippen LogP contribution in [0.4, 0.5) is 0 Å². The van der Waals surface area contributed by atoms with E-state index >= 15 is 0 Å². The maximum atomic E-state index is 11.4. The zero-order valence-electron chi connectivity index (χ0n) is 11.1. The van der Waals surface area contributed by atoms with Crippen molar-refractivity contribution in [3.05, 3.63) is 22.7 Å². The summed E-state index contributed by atoms with van der Waals surface area (Å²) in [5, 5.41) is 0.533. The number of hydrogen-bond acceptors (Lipinski definition) is 6. The molecular weight excluding hydrogens is 302 g/mol. The smallest absolute Gasteiger partial charge is 0.323 e. The monoisotopic (exact) mass is 317 g/mol. The number of rotatable bonds is 6. The molecule has 0 aromatic heterocycles. The van der Waals surface area contributed by atoms with E-state index in [0.717, 1.165) is 5.56 Å². The maximum absolute atomic E-state index is 11.4. The first-order chi connectivity index (χ1) is 9.61. The zero-order valence-corrected chi connectivity index (χ0v) is 12.6. The Labute approximate surface area is 126 Å². The summed E-state index contributed by atoms with van der Waals surface area (Å²) >= 11 is 7.64. The van der Waals surface area contributed by atoms with Crippen molar-refractivity contribution in [2.75, 3.05) is 19.2 Å². The second kappa shape index (κ2) is 7.06. The summed E-state index contributed by atoms with van der Waals surface area (Å²) in [4.78, 5) is 11.4. The van der Waals surface area contributed by atoms with Crippen LogP contribution in [0, 0.1) is 0 Å². The van der Waals surface area contributed by atoms with Crippen LogP contribution in [0.25, 0.3) is 0 Å². The molecule has 7 heteroatoms. The summed E-state index contributed by atoms with van der Waals surface area (Å²) in [5.74, 6) is 2.05. The van der Waals surface area contributed by atoms with Gasteiger partial charge >= 0.3 is 5.97 Å². The lowest BCUT2D eigenvalue weighted by Crippen LogP contribution is -2.34. The van der Waals surface area contributed by atoms with E-state index in [4.69, 9.17) is 31.5 Å². The second-order valence-electron chi connectivity index (χ2n) is 4.19. The van der Waals surface area contributed by atoms with Crippen molar-refractivity contribution >= 4 is 29.3 Å². The number of ether oxygens (including phenoxy) is 3. The fraction of sp³-hybridized carbons (Fsp3) is 0.462. The van der Waals surface area contributed by atoms with Gasteiger partial charge in [-0.15, -0.1) is 0 Å². The summed E-state index contributed by atoms with van der Waals surface area (Å²) in [6.45, 7) is 2.29. The number of halogens is 1. The van der Waals surface area contributed by atoms with Crippen LogP contribution in [0.2, 0.25) is 5.02 Å². The van der Waals surface area contributed by atoms with Gasteiger partial charge in [0.15, 0.2) is 11.5 Å². The first-order valence-corrected chi connectivity index (χ1v) is 7.73. The highest BCUT2D eigenvalue weighted by atomic mass is 35.5. The highest BCUT2D eigenvalue weighted by Gasteiger charge is 2.19. The molecule has 1 aromatic carbocycles. The Bertz CT molecular complexity index is 498. The highest BCUT2D eigenvalue weighted by Crippen LogP contribution is 2.40. The molecule has 1 heterocycles. The first-order valence-electron chi connectivity index (χ1n) is 6.19. The number of carbonyl (C=O) groups excluding carboxylic acids is 1. The van der Waals surface area contributed by atoms with Gasteiger partial charge in [-0.05, 0) is 24.6 Å². The van der Waals surface area contributed by atoms with Gasteiger partial charge in [0.2, 0.25) is 6.79 Å². The first kappa shape index (κ1) is 15.3. The molecule has 0 radical (unpaired) electrons. The molecule has 2 N–H and O–H groups in total. The normalized spacial score (nSPS) is 14.2. The van der Waals surface area contributed by atoms with E-state index in [1.165, 1.54) is 0 Å². The van der Waals surface area contributed by atoms with E-state index in [2.05, 4.69) is 0 Å². The lowest BCUT2D eigenvalue weighted by molar-refractivity contribution is -0.144. The van der Waals surface area contributed by atoms with Crippen LogP contribution in [0.5, 0.6) is 11.5 Å². The Morgan fingerprint density at radius 2 is 2.35 bits per heavy atom. The van der Waals surface area contributed by atoms with Gasteiger partial charge in [-0.2, -0.15) is 11.8 Å². The third-order valence-electron chi connectivity index (χ3n) is 2.64. The molecule has 0 saturated carbocycles. The average molecular weight is 318 g/mol. The Balaban J connectivity index is 1.86. The van der Waals surface area contributed by atoms with Crippen LogP contribution in [0.3, 0.4) is 0 Å². The van der Waals surface area contributed by atoms with Gasteiger partial charge in [-0.25, -0.2) is 0 Å². The third-order valence-corrected chi connectivity index (χ3v) is 4.06. The number of nitrogens with two attached hydrogens (primary N) is 1. The van der Waals surface area contributed by atoms with Gasteiger partial charge in [-0.3, -0.25) is 4.79 Å². The molecule has 0 bridgehead atoms. The van der Waals surface area contributed by atoms with Gasteiger partial charge in [0.1, 0.15) is 6.04 Å². The van der Waals surface area contributed by atoms with E-state index in [0.29, 0.717) is 34.6 Å². The van der Waals surface area contributed by atoms with Crippen LogP contribution < -0.4 is 15.2 Å². The van der Waals surface area contributed by atoms with Crippen molar-refractivity contribution in [3.8, 4) is 11.5 Å². The van der Waals surface area contributed by atoms with Crippen molar-refractivity contribution in [3.63, 3.8) is 0 Å². The standard InChI is InChI=1S/C13H16ClNO4S/c1-2-17-13(16)10(15)6-20-5-8-3-9(14)12-11(4-8)18-7-19-12/h3-4,10H,2,5-7,15H2,1H3. The van der Waals surface area contributed by atoms with Crippen LogP contribution in [0.15, 0.2) is 12.1 Å². The van der Waals surface area contributed by atoms with Crippen molar-refractivity contribution in [1.29, 1.82) is 0 Å². The molecule has 0 saturated heterocycles. The van der Waals surface area contributed by atoms with E-state index in [1.807, 2.05) is 12.1 Å². The fourth-order valence-corrected chi connectivity index (χ4v) is 2.92. The molecule has 1 atom stereocenters. The number of esters is 1. The lowest BCUT2D eigenvalue weighted by atomic mass is 10.2. The zero-order chi connectivity index (χ0) is 14.5. The molecule has 0 aliphatic carbocycles. The molecule has 5 nitrogen and oxygen atoms in total. The van der Waals surface area contributed by atoms with Gasteiger partial charge in [0.05, 0.1) is 11.6 Å². The largest absolute Gasteiger partial charge is 0.465 e. The minimum Gasteiger partial charge on any atom is -0.465 e. The Hall–Kier alpha value is -1.11. The maximum Gasteiger partial charge on any atom is 0.323 e. The SMILES string of the molecule is CCOC(=O)C(N)CSCc1cc(Cl)c2c(c1)OCO2. The van der Waals surface area contributed by atoms with Crippen molar-refractivity contribution in [1.82, 2.24) is 0 Å². The predicted octanol–water partition coefficient (Wildman–Crippen LogP) is 2.19. The number of carbonyl (C=O) groups is 1. The molecule has 1 aliphatic heterocycles. The summed E-state index contributed by atoms with van der Waals surface area (Å²) in [6.07, 6.45) is 0. The second-order valence-corrected chi connectivity index (χ2v) is 5.62. The highest BCUT2D eigenvalue weighted by molar-refractivity contribution is 7.98. The fourth-order valence-electron chi connectivity index (χ4n) is 1.73. The molecule has 1 aromatic rings. The summed E-state index contributed by atoms with van der Waals surface area (Å²) in [6, 6.07) is 3.11. The quantitative estimate of drug-likeness (QED) is 0.811. The molecule has 0 fully saturated rings. The van der Waals surface area contributed by atoms with Crippen LogP contribution in [-0.2, 0) is 15.3 Å². The Kier molecular flexibility index (Phi) is 5.39. The predicted molar refractivity (Wildman–Crippen MR) is 78.3 cm³/mol. The summed E-state index contributed by atoms with van der Waals surface area (Å²) in [5.41, 5.74) is 6.72. The van der Waals surface area contributed by atoms with E-state index < -0.39 is 6.04 Å². The number of fused-ring (bicyclic) bond motifs is 1. The average Bonchev–Trinajstić information content (AvgIpc) is 2.87. The van der Waals surface area contributed by atoms with Crippen molar-refractivity contribution in [2.24, 2.45) is 5.73 Å². The number of thioether (sulfide) groups is 1. The molecule has 110 valence electrons. The van der Waals surface area contributed by atoms with Gasteiger partial charge < -0.3 is 19.9 Å². The van der Waals surface area contributed by atoms with E-state index in [9.17, 15) is 4.79 Å². The van der Waals surface area contributed by atoms with Crippen LogP contribution in [0.1, 0.15) is 12.5 Å². The van der Waals surface area contributed by atoms with Crippen LogP contribution in [-0.4, -0.2) is 31.2 Å². The van der Waals surface area contributed by atoms with Crippen molar-refractivity contribution < 1.29 is 19.0 Å². The topological polar surface area (TPSA) is 70.8 Å². The van der Waals surface area contributed by atoms with Crippen LogP contribution >= 0.6 is 23.4 Å². The summed E-state index contributed by atoms with van der Waals surface area (Å²) < 4.78 is 15.4. The van der Waals surface area contributed by atoms with Gasteiger partial charge in [0, 0.05) is 11.5 Å². The Morgan fingerprint density at radius 1 is 1.55 bits per heavy atom. The minimum absolute atomic E-state index is 0.194.